The highest BCUT2D eigenvalue weighted by atomic mass is 19.1. The van der Waals surface area contributed by atoms with Gasteiger partial charge in [0, 0.05) is 5.56 Å². The molecule has 0 spiro atoms. The van der Waals surface area contributed by atoms with Gasteiger partial charge in [0.2, 0.25) is 0 Å². The minimum atomic E-state index is -0.156. The van der Waals surface area contributed by atoms with E-state index in [1.807, 2.05) is 25.1 Å². The van der Waals surface area contributed by atoms with Crippen molar-refractivity contribution in [2.24, 2.45) is 11.8 Å². The summed E-state index contributed by atoms with van der Waals surface area (Å²) in [4.78, 5) is 0. The van der Waals surface area contributed by atoms with Crippen molar-refractivity contribution in [1.29, 1.82) is 0 Å². The van der Waals surface area contributed by atoms with Gasteiger partial charge >= 0.3 is 0 Å². The Balaban J connectivity index is 1.42. The largest absolute Gasteiger partial charge is 0.207 e. The van der Waals surface area contributed by atoms with E-state index in [9.17, 15) is 4.39 Å². The first kappa shape index (κ1) is 21.9. The second-order valence-electron chi connectivity index (χ2n) is 8.84. The predicted molar refractivity (Wildman–Crippen MR) is 119 cm³/mol. The zero-order valence-electron chi connectivity index (χ0n) is 18.3. The molecule has 1 aliphatic rings. The van der Waals surface area contributed by atoms with Gasteiger partial charge in [0.15, 0.2) is 0 Å². The molecular weight excluding hydrogens is 359 g/mol. The van der Waals surface area contributed by atoms with Gasteiger partial charge in [0.05, 0.1) is 11.4 Å². The van der Waals surface area contributed by atoms with E-state index in [1.54, 1.807) is 6.07 Å². The molecule has 0 aliphatic heterocycles. The molecule has 0 saturated heterocycles. The smallest absolute Gasteiger partial charge is 0.127 e. The molecule has 158 valence electrons. The molecule has 2 nitrogen and oxygen atoms in total. The fraction of sp³-hybridized carbons (Fsp3) is 0.615. The maximum absolute atomic E-state index is 14.0. The second-order valence-corrected chi connectivity index (χ2v) is 8.84. The third kappa shape index (κ3) is 6.62. The Morgan fingerprint density at radius 3 is 2.24 bits per heavy atom. The molecule has 2 aromatic rings. The van der Waals surface area contributed by atoms with Crippen LogP contribution in [0.15, 0.2) is 30.3 Å². The normalized spacial score (nSPS) is 19.4. The average molecular weight is 397 g/mol. The molecule has 3 heteroatoms. The molecule has 1 fully saturated rings. The summed E-state index contributed by atoms with van der Waals surface area (Å²) in [6.07, 6.45) is 15.5. The maximum atomic E-state index is 14.0. The molecule has 0 unspecified atom stereocenters. The number of halogens is 1. The highest BCUT2D eigenvalue weighted by molar-refractivity contribution is 5.59. The molecule has 0 amide bonds. The lowest BCUT2D eigenvalue weighted by molar-refractivity contribution is 0.248. The van der Waals surface area contributed by atoms with E-state index in [2.05, 4.69) is 23.2 Å². The minimum absolute atomic E-state index is 0.156. The molecule has 1 aromatic heterocycles. The van der Waals surface area contributed by atoms with Crippen LogP contribution < -0.4 is 0 Å². The summed E-state index contributed by atoms with van der Waals surface area (Å²) >= 11 is 0. The van der Waals surface area contributed by atoms with Gasteiger partial charge in [0.1, 0.15) is 5.82 Å². The summed E-state index contributed by atoms with van der Waals surface area (Å²) < 4.78 is 14.0. The summed E-state index contributed by atoms with van der Waals surface area (Å²) in [6.45, 7) is 4.25. The lowest BCUT2D eigenvalue weighted by Gasteiger charge is -2.28. The van der Waals surface area contributed by atoms with Crippen LogP contribution in [0.1, 0.15) is 89.3 Å². The molecule has 29 heavy (non-hydrogen) atoms. The Kier molecular flexibility index (Phi) is 8.64. The standard InChI is InChI=1S/C26H37FN2/c1-3-5-6-7-8-20-9-11-21(12-10-20)13-16-24-17-18-26(29-28-24)23-15-14-22(4-2)25(27)19-23/h14-15,17-21H,3-13,16H2,1-2H3. The molecule has 1 heterocycles. The van der Waals surface area contributed by atoms with Crippen molar-refractivity contribution >= 4 is 0 Å². The molecule has 0 N–H and O–H groups in total. The number of hydrogen-bond donors (Lipinski definition) is 0. The Morgan fingerprint density at radius 2 is 1.62 bits per heavy atom. The summed E-state index contributed by atoms with van der Waals surface area (Å²) in [6, 6.07) is 9.40. The molecule has 3 rings (SSSR count). The van der Waals surface area contributed by atoms with E-state index in [1.165, 1.54) is 64.2 Å². The molecule has 0 bridgehead atoms. The van der Waals surface area contributed by atoms with E-state index >= 15 is 0 Å². The topological polar surface area (TPSA) is 25.8 Å². The van der Waals surface area contributed by atoms with Gasteiger partial charge in [-0.25, -0.2) is 4.39 Å². The summed E-state index contributed by atoms with van der Waals surface area (Å²) in [7, 11) is 0. The maximum Gasteiger partial charge on any atom is 0.127 e. The number of hydrogen-bond acceptors (Lipinski definition) is 2. The summed E-state index contributed by atoms with van der Waals surface area (Å²) in [5.74, 6) is 1.66. The molecule has 0 radical (unpaired) electrons. The number of rotatable bonds is 10. The number of nitrogens with zero attached hydrogens (tertiary/aromatic N) is 2. The average Bonchev–Trinajstić information content (AvgIpc) is 2.76. The van der Waals surface area contributed by atoms with Crippen molar-refractivity contribution in [3.63, 3.8) is 0 Å². The monoisotopic (exact) mass is 396 g/mol. The summed E-state index contributed by atoms with van der Waals surface area (Å²) in [5, 5.41) is 8.77. The van der Waals surface area contributed by atoms with Gasteiger partial charge in [-0.2, -0.15) is 10.2 Å². The molecule has 1 aliphatic carbocycles. The predicted octanol–water partition coefficient (Wildman–Crippen LogP) is 7.55. The van der Waals surface area contributed by atoms with Crippen LogP contribution in [0.4, 0.5) is 4.39 Å². The van der Waals surface area contributed by atoms with Gasteiger partial charge in [0.25, 0.3) is 0 Å². The third-order valence-corrected chi connectivity index (χ3v) is 6.69. The van der Waals surface area contributed by atoms with Crippen LogP contribution in [-0.4, -0.2) is 10.2 Å². The van der Waals surface area contributed by atoms with E-state index in [-0.39, 0.29) is 5.82 Å². The molecular formula is C26H37FN2. The molecule has 1 aromatic carbocycles. The molecule has 1 saturated carbocycles. The van der Waals surface area contributed by atoms with Gasteiger partial charge in [-0.15, -0.1) is 0 Å². The van der Waals surface area contributed by atoms with Crippen LogP contribution in [0.25, 0.3) is 11.3 Å². The van der Waals surface area contributed by atoms with Crippen molar-refractivity contribution in [2.45, 2.75) is 90.9 Å². The van der Waals surface area contributed by atoms with Crippen LogP contribution >= 0.6 is 0 Å². The van der Waals surface area contributed by atoms with Crippen molar-refractivity contribution < 1.29 is 4.39 Å². The Labute approximate surface area is 176 Å². The quantitative estimate of drug-likeness (QED) is 0.387. The van der Waals surface area contributed by atoms with Crippen LogP contribution in [0, 0.1) is 17.7 Å². The van der Waals surface area contributed by atoms with E-state index in [0.717, 1.165) is 40.8 Å². The second kappa shape index (κ2) is 11.4. The first-order valence-electron chi connectivity index (χ1n) is 11.8. The fourth-order valence-electron chi connectivity index (χ4n) is 4.66. The minimum Gasteiger partial charge on any atom is -0.207 e. The fourth-order valence-corrected chi connectivity index (χ4v) is 4.66. The highest BCUT2D eigenvalue weighted by Gasteiger charge is 2.20. The van der Waals surface area contributed by atoms with Crippen LogP contribution in [-0.2, 0) is 12.8 Å². The first-order valence-corrected chi connectivity index (χ1v) is 11.8. The van der Waals surface area contributed by atoms with E-state index < -0.39 is 0 Å². The van der Waals surface area contributed by atoms with Gasteiger partial charge in [-0.1, -0.05) is 83.8 Å². The third-order valence-electron chi connectivity index (χ3n) is 6.69. The highest BCUT2D eigenvalue weighted by Crippen LogP contribution is 2.34. The first-order chi connectivity index (χ1) is 14.2. The number of aryl methyl sites for hydroxylation is 2. The van der Waals surface area contributed by atoms with E-state index in [4.69, 9.17) is 0 Å². The lowest BCUT2D eigenvalue weighted by Crippen LogP contribution is -2.15. The van der Waals surface area contributed by atoms with Crippen molar-refractivity contribution in [3.8, 4) is 11.3 Å². The van der Waals surface area contributed by atoms with Crippen molar-refractivity contribution in [3.05, 3.63) is 47.4 Å². The van der Waals surface area contributed by atoms with Gasteiger partial charge in [-0.3, -0.25) is 0 Å². The van der Waals surface area contributed by atoms with Gasteiger partial charge < -0.3 is 0 Å². The van der Waals surface area contributed by atoms with Crippen LogP contribution in [0.2, 0.25) is 0 Å². The SMILES string of the molecule is CCCCCCC1CCC(CCc2ccc(-c3ccc(CC)c(F)c3)nn2)CC1. The van der Waals surface area contributed by atoms with Crippen molar-refractivity contribution in [2.75, 3.05) is 0 Å². The Hall–Kier alpha value is -1.77. The lowest BCUT2D eigenvalue weighted by atomic mass is 9.78. The Bertz CT molecular complexity index is 733. The number of aromatic nitrogens is 2. The zero-order valence-corrected chi connectivity index (χ0v) is 18.3. The van der Waals surface area contributed by atoms with Crippen molar-refractivity contribution in [1.82, 2.24) is 10.2 Å². The van der Waals surface area contributed by atoms with E-state index in [0.29, 0.717) is 6.42 Å². The van der Waals surface area contributed by atoms with Gasteiger partial charge in [-0.05, 0) is 54.9 Å². The summed E-state index contributed by atoms with van der Waals surface area (Å²) in [5.41, 5.74) is 3.35. The van der Waals surface area contributed by atoms with Crippen LogP contribution in [0.5, 0.6) is 0 Å². The zero-order chi connectivity index (χ0) is 20.5. The Morgan fingerprint density at radius 1 is 0.862 bits per heavy atom. The number of benzene rings is 1. The molecule has 0 atom stereocenters. The van der Waals surface area contributed by atoms with Crippen LogP contribution in [0.3, 0.4) is 0 Å². The number of unbranched alkanes of at least 4 members (excludes halogenated alkanes) is 3.